The van der Waals surface area contributed by atoms with Crippen LogP contribution in [-0.4, -0.2) is 38.5 Å². The Morgan fingerprint density at radius 1 is 1.29 bits per heavy atom. The van der Waals surface area contributed by atoms with Crippen LogP contribution in [0.5, 0.6) is 0 Å². The van der Waals surface area contributed by atoms with E-state index in [4.69, 9.17) is 9.47 Å². The predicted molar refractivity (Wildman–Crippen MR) is 71.4 cm³/mol. The molecule has 3 heteroatoms. The molecule has 1 saturated carbocycles. The van der Waals surface area contributed by atoms with Gasteiger partial charge in [-0.05, 0) is 59.4 Å². The summed E-state index contributed by atoms with van der Waals surface area (Å²) in [5.41, 5.74) is 0.139. The van der Waals surface area contributed by atoms with Gasteiger partial charge >= 0.3 is 0 Å². The molecule has 0 aromatic rings. The summed E-state index contributed by atoms with van der Waals surface area (Å²) in [6.45, 7) is 4.30. The normalized spacial score (nSPS) is 21.0. The first-order chi connectivity index (χ1) is 7.97. The standard InChI is InChI=1S/C14H29NO2/c1-13(2,16-4)10-7-12(15-3)11-14(17-5)8-6-9-14/h12,15H,6-11H2,1-5H3. The lowest BCUT2D eigenvalue weighted by Gasteiger charge is -2.43. The molecule has 1 rings (SSSR count). The van der Waals surface area contributed by atoms with E-state index in [1.54, 1.807) is 7.11 Å². The van der Waals surface area contributed by atoms with Crippen molar-refractivity contribution in [1.29, 1.82) is 0 Å². The average Bonchev–Trinajstić information content (AvgIpc) is 2.27. The second kappa shape index (κ2) is 6.17. The molecule has 0 heterocycles. The summed E-state index contributed by atoms with van der Waals surface area (Å²) in [7, 11) is 5.69. The molecule has 0 amide bonds. The van der Waals surface area contributed by atoms with E-state index in [1.807, 2.05) is 14.2 Å². The Kier molecular flexibility index (Phi) is 5.42. The van der Waals surface area contributed by atoms with Gasteiger partial charge in [-0.1, -0.05) is 0 Å². The third kappa shape index (κ3) is 4.23. The first-order valence-corrected chi connectivity index (χ1v) is 6.74. The van der Waals surface area contributed by atoms with E-state index in [1.165, 1.54) is 19.3 Å². The predicted octanol–water partition coefficient (Wildman–Crippen LogP) is 2.74. The van der Waals surface area contributed by atoms with Crippen molar-refractivity contribution >= 4 is 0 Å². The highest BCUT2D eigenvalue weighted by Crippen LogP contribution is 2.39. The molecule has 0 spiro atoms. The highest BCUT2D eigenvalue weighted by molar-refractivity contribution is 4.93. The van der Waals surface area contributed by atoms with Gasteiger partial charge in [0.05, 0.1) is 11.2 Å². The fraction of sp³-hybridized carbons (Fsp3) is 1.00. The quantitative estimate of drug-likeness (QED) is 0.711. The Labute approximate surface area is 106 Å². The first kappa shape index (κ1) is 14.9. The zero-order valence-electron chi connectivity index (χ0n) is 12.1. The number of rotatable bonds is 8. The van der Waals surface area contributed by atoms with E-state index in [0.717, 1.165) is 19.3 Å². The zero-order valence-corrected chi connectivity index (χ0v) is 12.1. The highest BCUT2D eigenvalue weighted by Gasteiger charge is 2.38. The van der Waals surface area contributed by atoms with E-state index in [-0.39, 0.29) is 11.2 Å². The van der Waals surface area contributed by atoms with Gasteiger partial charge in [-0.15, -0.1) is 0 Å². The lowest BCUT2D eigenvalue weighted by atomic mass is 9.75. The van der Waals surface area contributed by atoms with Gasteiger partial charge < -0.3 is 14.8 Å². The van der Waals surface area contributed by atoms with Crippen molar-refractivity contribution in [1.82, 2.24) is 5.32 Å². The Morgan fingerprint density at radius 3 is 2.29 bits per heavy atom. The lowest BCUT2D eigenvalue weighted by Crippen LogP contribution is -2.45. The second-order valence-electron chi connectivity index (χ2n) is 5.93. The van der Waals surface area contributed by atoms with E-state index in [2.05, 4.69) is 19.2 Å². The Morgan fingerprint density at radius 2 is 1.94 bits per heavy atom. The largest absolute Gasteiger partial charge is 0.379 e. The van der Waals surface area contributed by atoms with Crippen LogP contribution >= 0.6 is 0 Å². The Hall–Kier alpha value is -0.120. The molecule has 0 aromatic heterocycles. The van der Waals surface area contributed by atoms with Gasteiger partial charge in [0.15, 0.2) is 0 Å². The van der Waals surface area contributed by atoms with Crippen LogP contribution in [0.4, 0.5) is 0 Å². The minimum atomic E-state index is -0.0189. The summed E-state index contributed by atoms with van der Waals surface area (Å²) < 4.78 is 11.2. The van der Waals surface area contributed by atoms with Crippen molar-refractivity contribution in [2.45, 2.75) is 69.6 Å². The van der Waals surface area contributed by atoms with Gasteiger partial charge in [0.25, 0.3) is 0 Å². The van der Waals surface area contributed by atoms with Gasteiger partial charge in [-0.2, -0.15) is 0 Å². The molecule has 1 aliphatic carbocycles. The van der Waals surface area contributed by atoms with Crippen molar-refractivity contribution in [3.8, 4) is 0 Å². The molecular weight excluding hydrogens is 214 g/mol. The molecule has 1 atom stereocenters. The van der Waals surface area contributed by atoms with Crippen molar-refractivity contribution < 1.29 is 9.47 Å². The molecule has 0 aromatic carbocycles. The van der Waals surface area contributed by atoms with Gasteiger partial charge in [0, 0.05) is 20.3 Å². The summed E-state index contributed by atoms with van der Waals surface area (Å²) in [5.74, 6) is 0. The maximum absolute atomic E-state index is 5.69. The molecule has 102 valence electrons. The van der Waals surface area contributed by atoms with Gasteiger partial charge in [-0.25, -0.2) is 0 Å². The van der Waals surface area contributed by atoms with E-state index >= 15 is 0 Å². The van der Waals surface area contributed by atoms with Crippen LogP contribution in [0.1, 0.15) is 52.4 Å². The van der Waals surface area contributed by atoms with E-state index in [0.29, 0.717) is 6.04 Å². The molecule has 0 bridgehead atoms. The van der Waals surface area contributed by atoms with Crippen LogP contribution in [0.3, 0.4) is 0 Å². The molecule has 1 unspecified atom stereocenters. The molecule has 0 radical (unpaired) electrons. The fourth-order valence-corrected chi connectivity index (χ4v) is 2.48. The number of hydrogen-bond donors (Lipinski definition) is 1. The number of nitrogens with one attached hydrogen (secondary N) is 1. The molecule has 3 nitrogen and oxygen atoms in total. The van der Waals surface area contributed by atoms with Crippen LogP contribution < -0.4 is 5.32 Å². The molecular formula is C14H29NO2. The summed E-state index contributed by atoms with van der Waals surface area (Å²) in [5, 5.41) is 3.42. The van der Waals surface area contributed by atoms with Crippen molar-refractivity contribution in [3.63, 3.8) is 0 Å². The third-order valence-corrected chi connectivity index (χ3v) is 4.37. The topological polar surface area (TPSA) is 30.5 Å². The first-order valence-electron chi connectivity index (χ1n) is 6.74. The Bertz CT molecular complexity index is 219. The van der Waals surface area contributed by atoms with Crippen molar-refractivity contribution in [3.05, 3.63) is 0 Å². The fourth-order valence-electron chi connectivity index (χ4n) is 2.48. The van der Waals surface area contributed by atoms with Crippen LogP contribution in [0, 0.1) is 0 Å². The maximum atomic E-state index is 5.69. The summed E-state index contributed by atoms with van der Waals surface area (Å²) in [6, 6.07) is 0.532. The van der Waals surface area contributed by atoms with Crippen LogP contribution in [0.2, 0.25) is 0 Å². The summed E-state index contributed by atoms with van der Waals surface area (Å²) >= 11 is 0. The molecule has 1 fully saturated rings. The van der Waals surface area contributed by atoms with E-state index < -0.39 is 0 Å². The van der Waals surface area contributed by atoms with E-state index in [9.17, 15) is 0 Å². The monoisotopic (exact) mass is 243 g/mol. The van der Waals surface area contributed by atoms with Crippen molar-refractivity contribution in [2.75, 3.05) is 21.3 Å². The average molecular weight is 243 g/mol. The zero-order chi connectivity index (χ0) is 12.9. The lowest BCUT2D eigenvalue weighted by molar-refractivity contribution is -0.0849. The molecule has 0 saturated heterocycles. The number of ether oxygens (including phenoxy) is 2. The van der Waals surface area contributed by atoms with Gasteiger partial charge in [0.2, 0.25) is 0 Å². The smallest absolute Gasteiger partial charge is 0.0693 e. The number of hydrogen-bond acceptors (Lipinski definition) is 3. The van der Waals surface area contributed by atoms with Crippen LogP contribution in [-0.2, 0) is 9.47 Å². The maximum Gasteiger partial charge on any atom is 0.0693 e. The highest BCUT2D eigenvalue weighted by atomic mass is 16.5. The van der Waals surface area contributed by atoms with Crippen LogP contribution in [0.25, 0.3) is 0 Å². The minimum Gasteiger partial charge on any atom is -0.379 e. The molecule has 0 aliphatic heterocycles. The summed E-state index contributed by atoms with van der Waals surface area (Å²) in [6.07, 6.45) is 7.09. The molecule has 1 N–H and O–H groups in total. The Balaban J connectivity index is 2.38. The number of methoxy groups -OCH3 is 2. The molecule has 17 heavy (non-hydrogen) atoms. The minimum absolute atomic E-state index is 0.0189. The third-order valence-electron chi connectivity index (χ3n) is 4.37. The van der Waals surface area contributed by atoms with Gasteiger partial charge in [-0.3, -0.25) is 0 Å². The SMILES string of the molecule is CNC(CCC(C)(C)OC)CC1(OC)CCC1. The summed E-state index contributed by atoms with van der Waals surface area (Å²) in [4.78, 5) is 0. The second-order valence-corrected chi connectivity index (χ2v) is 5.93. The van der Waals surface area contributed by atoms with Crippen molar-refractivity contribution in [2.24, 2.45) is 0 Å². The van der Waals surface area contributed by atoms with Crippen LogP contribution in [0.15, 0.2) is 0 Å². The van der Waals surface area contributed by atoms with Gasteiger partial charge in [0.1, 0.15) is 0 Å². The molecule has 1 aliphatic rings.